The lowest BCUT2D eigenvalue weighted by Crippen LogP contribution is -2.22. The molecule has 0 fully saturated rings. The summed E-state index contributed by atoms with van der Waals surface area (Å²) in [5, 5.41) is 19.2. The van der Waals surface area contributed by atoms with E-state index < -0.39 is 55.7 Å². The van der Waals surface area contributed by atoms with Crippen molar-refractivity contribution < 1.29 is 31.5 Å². The van der Waals surface area contributed by atoms with Gasteiger partial charge in [0, 0.05) is 16.4 Å². The molecule has 2 N–H and O–H groups in total. The molecule has 0 aromatic heterocycles. The summed E-state index contributed by atoms with van der Waals surface area (Å²) in [6, 6.07) is 0. The molecule has 0 rings (SSSR count). The van der Waals surface area contributed by atoms with E-state index in [1.807, 2.05) is 0 Å². The van der Waals surface area contributed by atoms with E-state index in [4.69, 9.17) is 16.4 Å². The molecular weight excluding hydrogens is 336 g/mol. The summed E-state index contributed by atoms with van der Waals surface area (Å²) in [4.78, 5) is 11.3. The first-order valence-electron chi connectivity index (χ1n) is 14.2. The summed E-state index contributed by atoms with van der Waals surface area (Å²) in [7, 11) is 0. The van der Waals surface area contributed by atoms with Gasteiger partial charge in [0.25, 0.3) is 0 Å². The predicted molar refractivity (Wildman–Crippen MR) is 116 cm³/mol. The van der Waals surface area contributed by atoms with E-state index in [0.717, 1.165) is 74.6 Å². The fraction of sp³-hybridized carbons (Fsp3) is 0.458. The van der Waals surface area contributed by atoms with E-state index in [1.165, 1.54) is 19.1 Å². The zero-order valence-corrected chi connectivity index (χ0v) is 15.8. The van der Waals surface area contributed by atoms with Crippen LogP contribution in [0.5, 0.6) is 0 Å². The monoisotopic (exact) mass is 384 g/mol. The molecule has 0 aromatic rings. The highest BCUT2D eigenvalue weighted by atomic mass is 16.4. The Balaban J connectivity index is 5.42. The van der Waals surface area contributed by atoms with Crippen LogP contribution in [0, 0.1) is 5.41 Å². The molecule has 0 amide bonds. The van der Waals surface area contributed by atoms with Gasteiger partial charge in [-0.2, -0.15) is 0 Å². The van der Waals surface area contributed by atoms with Crippen molar-refractivity contribution in [3.63, 3.8) is 0 Å². The highest BCUT2D eigenvalue weighted by Crippen LogP contribution is 2.20. The van der Waals surface area contributed by atoms with Crippen molar-refractivity contribution >= 4 is 5.97 Å². The van der Waals surface area contributed by atoms with Crippen molar-refractivity contribution in [1.29, 1.82) is 0 Å². The molecule has 1 unspecified atom stereocenters. The molecule has 0 spiro atoms. The van der Waals surface area contributed by atoms with E-state index in [2.05, 4.69) is 0 Å². The molecule has 0 saturated carbocycles. The molecule has 3 nitrogen and oxygen atoms in total. The van der Waals surface area contributed by atoms with Crippen molar-refractivity contribution in [3.8, 4) is 0 Å². The van der Waals surface area contributed by atoms with Crippen LogP contribution >= 0.6 is 0 Å². The van der Waals surface area contributed by atoms with Crippen molar-refractivity contribution in [2.45, 2.75) is 65.1 Å². The van der Waals surface area contributed by atoms with Gasteiger partial charge in [-0.05, 0) is 52.1 Å². The van der Waals surface area contributed by atoms with Gasteiger partial charge in [-0.15, -0.1) is 0 Å². The van der Waals surface area contributed by atoms with Crippen LogP contribution in [0.1, 0.15) is 75.5 Å². The minimum absolute atomic E-state index is 0.772. The number of rotatable bonds is 14. The largest absolute Gasteiger partial charge is 0.481 e. The normalized spacial score (nSPS) is 24.6. The zero-order valence-electron chi connectivity index (χ0n) is 27.8. The fourth-order valence-electron chi connectivity index (χ4n) is 1.29. The summed E-state index contributed by atoms with van der Waals surface area (Å²) < 4.78 is 93.8. The minimum atomic E-state index is -2.41. The van der Waals surface area contributed by atoms with Crippen LogP contribution in [-0.2, 0) is 4.79 Å². The van der Waals surface area contributed by atoms with Crippen LogP contribution in [-0.4, -0.2) is 22.3 Å². The van der Waals surface area contributed by atoms with E-state index >= 15 is 0 Å². The second-order valence-corrected chi connectivity index (χ2v) is 5.55. The first-order chi connectivity index (χ1) is 17.1. The van der Waals surface area contributed by atoms with Crippen molar-refractivity contribution in [2.24, 2.45) is 5.41 Å². The molecule has 0 aliphatic heterocycles. The number of aliphatic hydroxyl groups is 1. The van der Waals surface area contributed by atoms with Crippen LogP contribution in [0.25, 0.3) is 0 Å². The van der Waals surface area contributed by atoms with Gasteiger partial charge in [-0.1, -0.05) is 79.8 Å². The molecule has 0 aliphatic carbocycles. The average molecular weight is 385 g/mol. The summed E-state index contributed by atoms with van der Waals surface area (Å²) in [5.41, 5.74) is -1.85. The number of aliphatic hydroxyl groups excluding tert-OH is 1. The smallest absolute Gasteiger partial charge is 0.309 e. The van der Waals surface area contributed by atoms with Crippen LogP contribution in [0.4, 0.5) is 0 Å². The number of carboxylic acid groups (broad SMARTS) is 1. The third kappa shape index (κ3) is 15.8. The summed E-state index contributed by atoms with van der Waals surface area (Å²) in [6.45, 7) is 3.53. The Kier molecular flexibility index (Phi) is 6.56. The van der Waals surface area contributed by atoms with Gasteiger partial charge in [0.05, 0.1) is 11.5 Å². The number of allylic oxidation sites excluding steroid dienone is 10. The van der Waals surface area contributed by atoms with Crippen molar-refractivity contribution in [3.05, 3.63) is 72.9 Å². The second-order valence-electron chi connectivity index (χ2n) is 5.55. The van der Waals surface area contributed by atoms with E-state index in [9.17, 15) is 15.0 Å². The Bertz CT molecular complexity index is 1010. The lowest BCUT2D eigenvalue weighted by Gasteiger charge is -2.15. The van der Waals surface area contributed by atoms with E-state index in [0.29, 0.717) is 0 Å². The lowest BCUT2D eigenvalue weighted by molar-refractivity contribution is -0.146. The van der Waals surface area contributed by atoms with Gasteiger partial charge in [0.1, 0.15) is 0 Å². The quantitative estimate of drug-likeness (QED) is 0.279. The SMILES string of the molecule is [2H]C([2H])(C)/C=C\C([2H])([2H])C(O)/C=C/C=C\C([2H])([2H])/C=C\C([2H])([2H])/C=C\C([2H])([2H])/C=C\C([2H])([2H])C(C)(C)C(=O)O. The molecular formula is C24H36O3. The van der Waals surface area contributed by atoms with Crippen LogP contribution in [0.15, 0.2) is 72.9 Å². The first kappa shape index (κ1) is 11.0. The third-order valence-electron chi connectivity index (χ3n) is 2.82. The van der Waals surface area contributed by atoms with Gasteiger partial charge in [-0.3, -0.25) is 4.79 Å². The maximum absolute atomic E-state index is 11.3. The Morgan fingerprint density at radius 3 is 2.04 bits per heavy atom. The fourth-order valence-corrected chi connectivity index (χ4v) is 1.29. The predicted octanol–water partition coefficient (Wildman–Crippen LogP) is 6.16. The van der Waals surface area contributed by atoms with E-state index in [1.54, 1.807) is 0 Å². The molecule has 150 valence electrons. The highest BCUT2D eigenvalue weighted by molar-refractivity contribution is 5.73. The first-order valence-corrected chi connectivity index (χ1v) is 8.24. The molecule has 0 heterocycles. The van der Waals surface area contributed by atoms with Crippen molar-refractivity contribution in [2.75, 3.05) is 0 Å². The molecule has 1 atom stereocenters. The maximum atomic E-state index is 11.3. The zero-order chi connectivity index (χ0) is 31.1. The maximum Gasteiger partial charge on any atom is 0.309 e. The topological polar surface area (TPSA) is 57.5 Å². The van der Waals surface area contributed by atoms with Gasteiger partial charge in [0.2, 0.25) is 0 Å². The standard InChI is InChI=1S/C24H36O3/c1-4-5-16-19-22(25)20-17-14-12-10-8-6-7-9-11-13-15-18-21-24(2,3)23(26)27/h5-6,8-9,11-12,14-18,20,22,25H,4,7,10,13,19,21H2,1-3H3,(H,26,27)/b8-6-,11-9-,14-12-,16-5-,18-15-,20-17+/i4D2,7D2,10D2,13D2,19D2,21D2. The van der Waals surface area contributed by atoms with Crippen molar-refractivity contribution in [1.82, 2.24) is 0 Å². The Morgan fingerprint density at radius 2 is 1.48 bits per heavy atom. The number of carboxylic acids is 1. The molecule has 0 aromatic carbocycles. The number of aliphatic carboxylic acids is 1. The van der Waals surface area contributed by atoms with E-state index in [-0.39, 0.29) is 0 Å². The molecule has 0 aliphatic rings. The number of carbonyl (C=O) groups is 1. The highest BCUT2D eigenvalue weighted by Gasteiger charge is 2.24. The summed E-state index contributed by atoms with van der Waals surface area (Å²) in [5.74, 6) is -1.42. The second kappa shape index (κ2) is 16.1. The average Bonchev–Trinajstić information content (AvgIpc) is 2.76. The lowest BCUT2D eigenvalue weighted by atomic mass is 9.89. The minimum Gasteiger partial charge on any atom is -0.481 e. The Labute approximate surface area is 182 Å². The molecule has 0 saturated heterocycles. The molecule has 27 heavy (non-hydrogen) atoms. The van der Waals surface area contributed by atoms with Gasteiger partial charge in [-0.25, -0.2) is 0 Å². The number of hydrogen-bond donors (Lipinski definition) is 2. The van der Waals surface area contributed by atoms with Crippen LogP contribution < -0.4 is 0 Å². The Morgan fingerprint density at radius 1 is 0.926 bits per heavy atom. The van der Waals surface area contributed by atoms with Gasteiger partial charge >= 0.3 is 5.97 Å². The van der Waals surface area contributed by atoms with Gasteiger partial charge in [0.15, 0.2) is 0 Å². The van der Waals surface area contributed by atoms with Gasteiger partial charge < -0.3 is 10.2 Å². The van der Waals surface area contributed by atoms with Crippen LogP contribution in [0.3, 0.4) is 0 Å². The summed E-state index contributed by atoms with van der Waals surface area (Å²) >= 11 is 0. The molecule has 3 heteroatoms. The number of hydrogen-bond acceptors (Lipinski definition) is 2. The molecule has 0 radical (unpaired) electrons. The van der Waals surface area contributed by atoms with Crippen LogP contribution in [0.2, 0.25) is 0 Å². The Hall–Kier alpha value is -2.13. The summed E-state index contributed by atoms with van der Waals surface area (Å²) in [6.07, 6.45) is -3.72. The molecule has 0 bridgehead atoms. The third-order valence-corrected chi connectivity index (χ3v) is 2.82.